The Kier molecular flexibility index (Phi) is 9.26. The summed E-state index contributed by atoms with van der Waals surface area (Å²) in [5, 5.41) is 0. The Hall–Kier alpha value is -3.28. The quantitative estimate of drug-likeness (QED) is 0.158. The van der Waals surface area contributed by atoms with E-state index in [1.807, 2.05) is 0 Å². The van der Waals surface area contributed by atoms with Gasteiger partial charge in [-0.2, -0.15) is 0 Å². The number of carbonyl (C=O) groups excluding carboxylic acids is 3. The van der Waals surface area contributed by atoms with Gasteiger partial charge in [0, 0.05) is 11.5 Å². The summed E-state index contributed by atoms with van der Waals surface area (Å²) in [7, 11) is 1.39. The minimum absolute atomic E-state index is 0.287. The predicted octanol–water partition coefficient (Wildman–Crippen LogP) is 4.47. The zero-order chi connectivity index (χ0) is 26.2. The van der Waals surface area contributed by atoms with E-state index in [1.165, 1.54) is 7.11 Å². The van der Waals surface area contributed by atoms with Gasteiger partial charge < -0.3 is 23.7 Å². The first-order valence-corrected chi connectivity index (χ1v) is 13.1. The number of hydrogen-bond acceptors (Lipinski definition) is 8. The average molecular weight is 616 g/mol. The lowest BCUT2D eigenvalue weighted by Crippen LogP contribution is -2.62. The maximum Gasteiger partial charge on any atom is 0.338 e. The van der Waals surface area contributed by atoms with Gasteiger partial charge >= 0.3 is 17.9 Å². The fourth-order valence-electron chi connectivity index (χ4n) is 3.89. The molecular formula is C28H25IO8. The monoisotopic (exact) mass is 616 g/mol. The van der Waals surface area contributed by atoms with E-state index in [2.05, 4.69) is 22.6 Å². The van der Waals surface area contributed by atoms with E-state index < -0.39 is 48.6 Å². The highest BCUT2D eigenvalue weighted by molar-refractivity contribution is 14.1. The molecular weight excluding hydrogens is 591 g/mol. The molecule has 3 aromatic rings. The van der Waals surface area contributed by atoms with Crippen LogP contribution in [0.3, 0.4) is 0 Å². The summed E-state index contributed by atoms with van der Waals surface area (Å²) in [6, 6.07) is 25.2. The molecule has 2 unspecified atom stereocenters. The van der Waals surface area contributed by atoms with Gasteiger partial charge in [-0.1, -0.05) is 77.2 Å². The first kappa shape index (κ1) is 26.8. The average Bonchev–Trinajstić information content (AvgIpc) is 2.95. The Balaban J connectivity index is 1.69. The molecule has 1 heterocycles. The van der Waals surface area contributed by atoms with Crippen molar-refractivity contribution in [1.82, 2.24) is 0 Å². The topological polar surface area (TPSA) is 97.4 Å². The normalized spacial score (nSPS) is 23.0. The maximum atomic E-state index is 13.1. The van der Waals surface area contributed by atoms with Gasteiger partial charge in [-0.3, -0.25) is 0 Å². The van der Waals surface area contributed by atoms with Crippen molar-refractivity contribution in [2.75, 3.05) is 11.5 Å². The molecule has 192 valence electrons. The van der Waals surface area contributed by atoms with Gasteiger partial charge in [0.1, 0.15) is 6.10 Å². The van der Waals surface area contributed by atoms with Crippen LogP contribution in [0.15, 0.2) is 91.0 Å². The summed E-state index contributed by atoms with van der Waals surface area (Å²) in [6.07, 6.45) is -5.31. The molecule has 1 fully saturated rings. The zero-order valence-electron chi connectivity index (χ0n) is 19.9. The van der Waals surface area contributed by atoms with Crippen molar-refractivity contribution in [3.8, 4) is 0 Å². The van der Waals surface area contributed by atoms with E-state index in [0.29, 0.717) is 15.6 Å². The van der Waals surface area contributed by atoms with E-state index >= 15 is 0 Å². The summed E-state index contributed by atoms with van der Waals surface area (Å²) >= 11 is 2.09. The third-order valence-electron chi connectivity index (χ3n) is 5.73. The minimum atomic E-state index is -1.22. The number of benzene rings is 3. The van der Waals surface area contributed by atoms with Gasteiger partial charge in [0.15, 0.2) is 24.6 Å². The standard InChI is InChI=1S/C28H25IO8/c1-33-28-24(37-27(32)20-15-9-4-10-16-20)23(36-26(31)19-13-7-3-8-14-19)22(21(17-29)34-28)35-25(30)18-11-5-2-6-12-18/h2-16,21-24,28H,17H2,1H3/t21?,22-,23-,24+,28?/m1/s1. The van der Waals surface area contributed by atoms with Crippen LogP contribution < -0.4 is 0 Å². The molecule has 0 aliphatic carbocycles. The Labute approximate surface area is 228 Å². The number of rotatable bonds is 8. The molecule has 37 heavy (non-hydrogen) atoms. The molecule has 0 amide bonds. The fourth-order valence-corrected chi connectivity index (χ4v) is 4.60. The van der Waals surface area contributed by atoms with Gasteiger partial charge in [0.25, 0.3) is 0 Å². The van der Waals surface area contributed by atoms with Crippen LogP contribution in [0, 0.1) is 0 Å². The first-order chi connectivity index (χ1) is 18.0. The van der Waals surface area contributed by atoms with Crippen LogP contribution in [0.25, 0.3) is 0 Å². The second kappa shape index (κ2) is 12.8. The molecule has 0 bridgehead atoms. The summed E-state index contributed by atoms with van der Waals surface area (Å²) in [4.78, 5) is 39.1. The molecule has 1 aliphatic heterocycles. The molecule has 0 N–H and O–H groups in total. The number of ether oxygens (including phenoxy) is 5. The maximum absolute atomic E-state index is 13.1. The van der Waals surface area contributed by atoms with Crippen molar-refractivity contribution in [1.29, 1.82) is 0 Å². The number of hydrogen-bond donors (Lipinski definition) is 0. The number of alkyl halides is 1. The third kappa shape index (κ3) is 6.54. The summed E-state index contributed by atoms with van der Waals surface area (Å²) < 4.78 is 29.4. The van der Waals surface area contributed by atoms with Crippen molar-refractivity contribution in [2.45, 2.75) is 30.7 Å². The van der Waals surface area contributed by atoms with E-state index in [9.17, 15) is 14.4 Å². The van der Waals surface area contributed by atoms with Crippen LogP contribution in [-0.2, 0) is 23.7 Å². The van der Waals surface area contributed by atoms with Crippen molar-refractivity contribution in [3.05, 3.63) is 108 Å². The second-order valence-electron chi connectivity index (χ2n) is 8.14. The molecule has 9 heteroatoms. The lowest BCUT2D eigenvalue weighted by Gasteiger charge is -2.43. The Morgan fingerprint density at radius 1 is 0.649 bits per heavy atom. The number of esters is 3. The molecule has 0 aromatic heterocycles. The van der Waals surface area contributed by atoms with E-state index in [0.717, 1.165) is 0 Å². The lowest BCUT2D eigenvalue weighted by molar-refractivity contribution is -0.282. The summed E-state index contributed by atoms with van der Waals surface area (Å²) in [6.45, 7) is 0. The van der Waals surface area contributed by atoms with E-state index in [1.54, 1.807) is 91.0 Å². The molecule has 8 nitrogen and oxygen atoms in total. The number of methoxy groups -OCH3 is 1. The molecule has 0 saturated carbocycles. The van der Waals surface area contributed by atoms with Gasteiger partial charge in [0.05, 0.1) is 16.7 Å². The van der Waals surface area contributed by atoms with E-state index in [4.69, 9.17) is 23.7 Å². The van der Waals surface area contributed by atoms with Crippen LogP contribution in [-0.4, -0.2) is 60.2 Å². The highest BCUT2D eigenvalue weighted by atomic mass is 127. The highest BCUT2D eigenvalue weighted by Gasteiger charge is 2.52. The van der Waals surface area contributed by atoms with Gasteiger partial charge in [0.2, 0.25) is 0 Å². The minimum Gasteiger partial charge on any atom is -0.452 e. The van der Waals surface area contributed by atoms with Gasteiger partial charge in [-0.05, 0) is 36.4 Å². The van der Waals surface area contributed by atoms with Crippen molar-refractivity contribution in [3.63, 3.8) is 0 Å². The molecule has 1 saturated heterocycles. The Bertz CT molecular complexity index is 1120. The third-order valence-corrected chi connectivity index (χ3v) is 6.60. The summed E-state index contributed by atoms with van der Waals surface area (Å²) in [5.41, 5.74) is 0.893. The SMILES string of the molecule is COC1OC(CI)[C@@H](OC(=O)c2ccccc2)[C@@H](OC(=O)c2ccccc2)[C@@H]1OC(=O)c1ccccc1. The van der Waals surface area contributed by atoms with Crippen LogP contribution in [0.5, 0.6) is 0 Å². The second-order valence-corrected chi connectivity index (χ2v) is 9.02. The van der Waals surface area contributed by atoms with Gasteiger partial charge in [-0.15, -0.1) is 0 Å². The molecule has 3 aromatic carbocycles. The van der Waals surface area contributed by atoms with Crippen LogP contribution in [0.1, 0.15) is 31.1 Å². The van der Waals surface area contributed by atoms with Crippen molar-refractivity contribution in [2.24, 2.45) is 0 Å². The molecule has 1 aliphatic rings. The summed E-state index contributed by atoms with van der Waals surface area (Å²) in [5.74, 6) is -1.97. The van der Waals surface area contributed by atoms with Crippen LogP contribution >= 0.6 is 22.6 Å². The predicted molar refractivity (Wildman–Crippen MR) is 141 cm³/mol. The molecule has 5 atom stereocenters. The zero-order valence-corrected chi connectivity index (χ0v) is 22.1. The van der Waals surface area contributed by atoms with Gasteiger partial charge in [-0.25, -0.2) is 14.4 Å². The molecule has 4 rings (SSSR count). The molecule has 0 spiro atoms. The largest absolute Gasteiger partial charge is 0.452 e. The number of halogens is 1. The van der Waals surface area contributed by atoms with Crippen molar-refractivity contribution >= 4 is 40.5 Å². The van der Waals surface area contributed by atoms with Crippen LogP contribution in [0.4, 0.5) is 0 Å². The van der Waals surface area contributed by atoms with Crippen molar-refractivity contribution < 1.29 is 38.1 Å². The Morgan fingerprint density at radius 3 is 1.41 bits per heavy atom. The highest BCUT2D eigenvalue weighted by Crippen LogP contribution is 2.31. The smallest absolute Gasteiger partial charge is 0.338 e. The molecule has 0 radical (unpaired) electrons. The van der Waals surface area contributed by atoms with Crippen LogP contribution in [0.2, 0.25) is 0 Å². The Morgan fingerprint density at radius 2 is 1.03 bits per heavy atom. The van der Waals surface area contributed by atoms with E-state index in [-0.39, 0.29) is 5.56 Å². The lowest BCUT2D eigenvalue weighted by atomic mass is 9.98. The first-order valence-electron chi connectivity index (χ1n) is 11.5. The fraction of sp³-hybridized carbons (Fsp3) is 0.250. The number of carbonyl (C=O) groups is 3.